The molecule has 0 aliphatic rings. The summed E-state index contributed by atoms with van der Waals surface area (Å²) < 4.78 is 26.3. The number of hydrogen-bond donors (Lipinski definition) is 0. The van der Waals surface area contributed by atoms with Crippen molar-refractivity contribution in [2.75, 3.05) is 14.1 Å². The van der Waals surface area contributed by atoms with Crippen molar-refractivity contribution in [2.24, 2.45) is 5.92 Å². The second-order valence-electron chi connectivity index (χ2n) is 5.83. The maximum absolute atomic E-state index is 12.6. The van der Waals surface area contributed by atoms with Crippen molar-refractivity contribution in [2.45, 2.75) is 44.9 Å². The highest BCUT2D eigenvalue weighted by Crippen LogP contribution is 2.33. The normalized spacial score (nSPS) is 13.5. The minimum atomic E-state index is -3.56. The van der Waals surface area contributed by atoms with Crippen LogP contribution in [0.2, 0.25) is 0 Å². The van der Waals surface area contributed by atoms with Crippen molar-refractivity contribution in [3.05, 3.63) is 28.8 Å². The number of nitriles is 1. The van der Waals surface area contributed by atoms with Gasteiger partial charge in [0.25, 0.3) is 0 Å². The van der Waals surface area contributed by atoms with E-state index in [9.17, 15) is 13.7 Å². The molecule has 1 aromatic rings. The Labute approximate surface area is 128 Å². The Kier molecular flexibility index (Phi) is 5.54. The smallest absolute Gasteiger partial charge is 0.207 e. The van der Waals surface area contributed by atoms with Crippen LogP contribution in [0.1, 0.15) is 50.3 Å². The largest absolute Gasteiger partial charge is 0.242 e. The van der Waals surface area contributed by atoms with Crippen LogP contribution in [0, 0.1) is 17.2 Å². The van der Waals surface area contributed by atoms with Crippen molar-refractivity contribution in [3.8, 4) is 6.07 Å². The minimum Gasteiger partial charge on any atom is -0.207 e. The highest BCUT2D eigenvalue weighted by Gasteiger charge is 2.26. The molecule has 0 aliphatic carbocycles. The van der Waals surface area contributed by atoms with E-state index in [0.717, 1.165) is 11.1 Å². The van der Waals surface area contributed by atoms with Crippen LogP contribution in [0.3, 0.4) is 0 Å². The molecular formula is C16H24N2O2S. The minimum absolute atomic E-state index is 0.104. The van der Waals surface area contributed by atoms with Crippen molar-refractivity contribution < 1.29 is 8.42 Å². The molecule has 0 aliphatic heterocycles. The quantitative estimate of drug-likeness (QED) is 0.839. The summed E-state index contributed by atoms with van der Waals surface area (Å²) in [6, 6.07) is 5.53. The van der Waals surface area contributed by atoms with Gasteiger partial charge in [0.1, 0.15) is 0 Å². The lowest BCUT2D eigenvalue weighted by molar-refractivity contribution is 0.504. The number of hydrogen-bond acceptors (Lipinski definition) is 3. The Hall–Kier alpha value is -1.38. The highest BCUT2D eigenvalue weighted by molar-refractivity contribution is 7.89. The fourth-order valence-corrected chi connectivity index (χ4v) is 3.38. The first-order valence-electron chi connectivity index (χ1n) is 7.16. The first-order chi connectivity index (χ1) is 9.66. The summed E-state index contributed by atoms with van der Waals surface area (Å²) in [6.45, 7) is 8.14. The van der Waals surface area contributed by atoms with E-state index >= 15 is 0 Å². The molecule has 21 heavy (non-hydrogen) atoms. The fraction of sp³-hybridized carbons (Fsp3) is 0.562. The van der Waals surface area contributed by atoms with Crippen molar-refractivity contribution in [1.29, 1.82) is 5.26 Å². The lowest BCUT2D eigenvalue weighted by Gasteiger charge is -2.23. The second kappa shape index (κ2) is 6.59. The van der Waals surface area contributed by atoms with E-state index in [1.807, 2.05) is 19.9 Å². The summed E-state index contributed by atoms with van der Waals surface area (Å²) in [6.07, 6.45) is 0.711. The Morgan fingerprint density at radius 1 is 1.24 bits per heavy atom. The molecule has 0 heterocycles. The van der Waals surface area contributed by atoms with Crippen molar-refractivity contribution in [3.63, 3.8) is 0 Å². The highest BCUT2D eigenvalue weighted by atomic mass is 32.2. The molecule has 0 N–H and O–H groups in total. The van der Waals surface area contributed by atoms with Crippen molar-refractivity contribution >= 4 is 10.0 Å². The zero-order valence-electron chi connectivity index (χ0n) is 13.6. The van der Waals surface area contributed by atoms with Gasteiger partial charge in [-0.05, 0) is 35.4 Å². The van der Waals surface area contributed by atoms with Crippen LogP contribution in [-0.4, -0.2) is 26.8 Å². The molecule has 1 atom stereocenters. The molecule has 0 fully saturated rings. The lowest BCUT2D eigenvalue weighted by atomic mass is 9.88. The van der Waals surface area contributed by atoms with E-state index in [-0.39, 0.29) is 10.8 Å². The van der Waals surface area contributed by atoms with E-state index in [2.05, 4.69) is 19.9 Å². The molecule has 116 valence electrons. The molecule has 0 aromatic heterocycles. The van der Waals surface area contributed by atoms with Crippen LogP contribution in [0.15, 0.2) is 17.0 Å². The molecule has 1 unspecified atom stereocenters. The van der Waals surface area contributed by atoms with Crippen LogP contribution in [-0.2, 0) is 16.4 Å². The molecule has 5 heteroatoms. The van der Waals surface area contributed by atoms with E-state index < -0.39 is 10.0 Å². The molecule has 1 rings (SSSR count). The summed E-state index contributed by atoms with van der Waals surface area (Å²) in [5.41, 5.74) is 2.14. The third kappa shape index (κ3) is 3.45. The predicted octanol–water partition coefficient (Wildman–Crippen LogP) is 3.13. The van der Waals surface area contributed by atoms with Crippen LogP contribution in [0.4, 0.5) is 0 Å². The molecule has 0 saturated carbocycles. The van der Waals surface area contributed by atoms with Gasteiger partial charge < -0.3 is 0 Å². The number of nitrogens with zero attached hydrogens (tertiary/aromatic N) is 2. The average Bonchev–Trinajstić information content (AvgIpc) is 2.44. The second-order valence-corrected chi connectivity index (χ2v) is 7.95. The van der Waals surface area contributed by atoms with E-state index in [0.29, 0.717) is 17.9 Å². The number of rotatable bonds is 5. The Morgan fingerprint density at radius 3 is 2.19 bits per heavy atom. The maximum Gasteiger partial charge on any atom is 0.242 e. The van der Waals surface area contributed by atoms with Gasteiger partial charge in [0.15, 0.2) is 0 Å². The Balaban J connectivity index is 3.72. The van der Waals surface area contributed by atoms with Gasteiger partial charge in [0, 0.05) is 14.1 Å². The number of sulfonamides is 1. The number of aryl methyl sites for hydroxylation is 1. The fourth-order valence-electron chi connectivity index (χ4n) is 2.18. The van der Waals surface area contributed by atoms with Gasteiger partial charge in [-0.3, -0.25) is 0 Å². The average molecular weight is 308 g/mol. The maximum atomic E-state index is 12.6. The predicted molar refractivity (Wildman–Crippen MR) is 84.7 cm³/mol. The van der Waals surface area contributed by atoms with E-state index in [1.165, 1.54) is 24.5 Å². The third-order valence-electron chi connectivity index (χ3n) is 3.99. The van der Waals surface area contributed by atoms with Gasteiger partial charge in [-0.1, -0.05) is 33.8 Å². The SMILES string of the molecule is CCc1cc(C(C)C(C)C)c(S(=O)(=O)N(C)C)cc1C#N. The molecular weight excluding hydrogens is 284 g/mol. The summed E-state index contributed by atoms with van der Waals surface area (Å²) >= 11 is 0. The first kappa shape index (κ1) is 17.7. The summed E-state index contributed by atoms with van der Waals surface area (Å²) in [5.74, 6) is 0.423. The van der Waals surface area contributed by atoms with Crippen molar-refractivity contribution in [1.82, 2.24) is 4.31 Å². The monoisotopic (exact) mass is 308 g/mol. The van der Waals surface area contributed by atoms with Crippen LogP contribution >= 0.6 is 0 Å². The molecule has 4 nitrogen and oxygen atoms in total. The summed E-state index contributed by atoms with van der Waals surface area (Å²) in [5, 5.41) is 9.26. The molecule has 0 spiro atoms. The summed E-state index contributed by atoms with van der Waals surface area (Å²) in [7, 11) is -0.536. The van der Waals surface area contributed by atoms with E-state index in [1.54, 1.807) is 0 Å². The zero-order valence-corrected chi connectivity index (χ0v) is 14.5. The van der Waals surface area contributed by atoms with E-state index in [4.69, 9.17) is 0 Å². The number of benzene rings is 1. The first-order valence-corrected chi connectivity index (χ1v) is 8.60. The van der Waals surface area contributed by atoms with Crippen LogP contribution in [0.25, 0.3) is 0 Å². The van der Waals surface area contributed by atoms with Crippen LogP contribution in [0.5, 0.6) is 0 Å². The third-order valence-corrected chi connectivity index (χ3v) is 5.86. The molecule has 1 aromatic carbocycles. The van der Waals surface area contributed by atoms with Gasteiger partial charge in [-0.25, -0.2) is 12.7 Å². The zero-order chi connectivity index (χ0) is 16.4. The molecule has 0 bridgehead atoms. The van der Waals surface area contributed by atoms with Gasteiger partial charge in [-0.2, -0.15) is 5.26 Å². The molecule has 0 amide bonds. The topological polar surface area (TPSA) is 61.2 Å². The van der Waals surface area contributed by atoms with Gasteiger partial charge in [-0.15, -0.1) is 0 Å². The Morgan fingerprint density at radius 2 is 1.81 bits per heavy atom. The lowest BCUT2D eigenvalue weighted by Crippen LogP contribution is -2.24. The molecule has 0 radical (unpaired) electrons. The van der Waals surface area contributed by atoms with Gasteiger partial charge in [0.05, 0.1) is 16.5 Å². The summed E-state index contributed by atoms with van der Waals surface area (Å²) in [4.78, 5) is 0.252. The molecule has 0 saturated heterocycles. The Bertz CT molecular complexity index is 656. The van der Waals surface area contributed by atoms with Gasteiger partial charge in [0.2, 0.25) is 10.0 Å². The standard InChI is InChI=1S/C16H24N2O2S/c1-7-13-8-15(12(4)11(2)3)16(9-14(13)10-17)21(19,20)18(5)6/h8-9,11-12H,7H2,1-6H3. The van der Waals surface area contributed by atoms with Crippen LogP contribution < -0.4 is 0 Å². The van der Waals surface area contributed by atoms with Gasteiger partial charge >= 0.3 is 0 Å².